The van der Waals surface area contributed by atoms with Crippen molar-refractivity contribution in [2.45, 2.75) is 95.6 Å². The highest BCUT2D eigenvalue weighted by Crippen LogP contribution is 2.72. The number of hydrogen-bond acceptors (Lipinski definition) is 8. The van der Waals surface area contributed by atoms with Crippen LogP contribution in [0.4, 0.5) is 10.1 Å². The third-order valence-corrected chi connectivity index (χ3v) is 12.7. The minimum absolute atomic E-state index is 0.0237. The Bertz CT molecular complexity index is 1600. The van der Waals surface area contributed by atoms with Gasteiger partial charge in [-0.3, -0.25) is 9.59 Å². The predicted molar refractivity (Wildman–Crippen MR) is 170 cm³/mol. The number of anilines is 1. The van der Waals surface area contributed by atoms with Crippen molar-refractivity contribution >= 4 is 28.6 Å². The van der Waals surface area contributed by atoms with Gasteiger partial charge in [0.1, 0.15) is 6.61 Å². The molecule has 7 nitrogen and oxygen atoms in total. The number of allylic oxidation sites excluding steroid dienone is 4. The van der Waals surface area contributed by atoms with Crippen molar-refractivity contribution in [3.8, 4) is 0 Å². The van der Waals surface area contributed by atoms with Gasteiger partial charge in [-0.25, -0.2) is 4.39 Å². The lowest BCUT2D eigenvalue weighted by Gasteiger charge is -2.62. The summed E-state index contributed by atoms with van der Waals surface area (Å²) in [4.78, 5) is 27.9. The molecule has 5 aliphatic rings. The number of ether oxygens (including phenoxy) is 2. The number of nitrogens with one attached hydrogen (secondary N) is 1. The zero-order valence-corrected chi connectivity index (χ0v) is 27.0. The fourth-order valence-corrected chi connectivity index (χ4v) is 10.6. The van der Waals surface area contributed by atoms with E-state index in [4.69, 9.17) is 9.47 Å². The topological polar surface area (TPSA) is 105 Å². The maximum absolute atomic E-state index is 17.6. The number of Topliss-reactive ketones (excluding diaryl/α,β-unsaturated/α-hetero) is 1. The molecule has 1 aromatic heterocycles. The molecule has 45 heavy (non-hydrogen) atoms. The molecule has 9 heteroatoms. The van der Waals surface area contributed by atoms with Gasteiger partial charge in [0.05, 0.1) is 17.1 Å². The Morgan fingerprint density at radius 3 is 2.76 bits per heavy atom. The van der Waals surface area contributed by atoms with E-state index < -0.39 is 58.9 Å². The number of aliphatic hydroxyl groups is 2. The van der Waals surface area contributed by atoms with E-state index in [-0.39, 0.29) is 18.1 Å². The quantitative estimate of drug-likeness (QED) is 0.351. The SMILES string of the molecule is CC(C)Nc1cccc(Cc2ccc([C@@H]3O[C@@H]4C[C@H]5[C@@H]6CCC7=CC(=O)C=C[C@]7(C)[C@@]6(F)[C@@H](O)C[C@]5(C)[C@]4(C(=O)CO)O3)s2)c1. The summed E-state index contributed by atoms with van der Waals surface area (Å²) < 4.78 is 30.8. The van der Waals surface area contributed by atoms with Gasteiger partial charge in [0, 0.05) is 39.8 Å². The van der Waals surface area contributed by atoms with Gasteiger partial charge in [-0.15, -0.1) is 11.3 Å². The first-order valence-electron chi connectivity index (χ1n) is 16.1. The molecular formula is C36H42FNO6S. The first-order chi connectivity index (χ1) is 21.4. The number of carbonyl (C=O) groups is 2. The highest BCUT2D eigenvalue weighted by Gasteiger charge is 2.79. The van der Waals surface area contributed by atoms with E-state index in [0.29, 0.717) is 30.9 Å². The molecule has 1 aromatic carbocycles. The van der Waals surface area contributed by atoms with Crippen LogP contribution in [0.25, 0.3) is 0 Å². The van der Waals surface area contributed by atoms with Crippen molar-refractivity contribution in [1.82, 2.24) is 0 Å². The summed E-state index contributed by atoms with van der Waals surface area (Å²) in [5.41, 5.74) is -2.69. The van der Waals surface area contributed by atoms with Crippen LogP contribution in [0.15, 0.2) is 60.2 Å². The maximum atomic E-state index is 17.6. The Hall–Kier alpha value is -2.69. The number of carbonyl (C=O) groups excluding carboxylic acids is 2. The number of ketones is 2. The summed E-state index contributed by atoms with van der Waals surface area (Å²) in [7, 11) is 0. The summed E-state index contributed by atoms with van der Waals surface area (Å²) in [6.07, 6.45) is 3.71. The lowest BCUT2D eigenvalue weighted by Crippen LogP contribution is -2.69. The number of fused-ring (bicyclic) bond motifs is 7. The smallest absolute Gasteiger partial charge is 0.194 e. The number of rotatable bonds is 7. The Kier molecular flexibility index (Phi) is 7.34. The molecule has 0 radical (unpaired) electrons. The highest BCUT2D eigenvalue weighted by molar-refractivity contribution is 7.12. The fourth-order valence-electron chi connectivity index (χ4n) is 9.62. The van der Waals surface area contributed by atoms with Crippen LogP contribution in [-0.4, -0.2) is 57.9 Å². The summed E-state index contributed by atoms with van der Waals surface area (Å²) in [6.45, 7) is 7.16. The van der Waals surface area contributed by atoms with Crippen molar-refractivity contribution in [1.29, 1.82) is 0 Å². The van der Waals surface area contributed by atoms with E-state index in [1.54, 1.807) is 24.3 Å². The van der Waals surface area contributed by atoms with Gasteiger partial charge in [-0.2, -0.15) is 0 Å². The molecule has 3 saturated carbocycles. The zero-order valence-electron chi connectivity index (χ0n) is 26.2. The van der Waals surface area contributed by atoms with Crippen LogP contribution in [0.1, 0.15) is 75.0 Å². The number of halogens is 1. The first kappa shape index (κ1) is 30.9. The number of alkyl halides is 1. The van der Waals surface area contributed by atoms with E-state index in [2.05, 4.69) is 37.4 Å². The van der Waals surface area contributed by atoms with Gasteiger partial charge >= 0.3 is 0 Å². The summed E-state index contributed by atoms with van der Waals surface area (Å²) in [5, 5.41) is 25.4. The van der Waals surface area contributed by atoms with E-state index in [1.165, 1.54) is 17.7 Å². The molecule has 0 unspecified atom stereocenters. The lowest BCUT2D eigenvalue weighted by atomic mass is 9.44. The van der Waals surface area contributed by atoms with Crippen molar-refractivity contribution in [2.75, 3.05) is 11.9 Å². The third-order valence-electron chi connectivity index (χ3n) is 11.6. The second-order valence-corrected chi connectivity index (χ2v) is 15.6. The van der Waals surface area contributed by atoms with Gasteiger partial charge < -0.3 is 25.0 Å². The molecule has 4 fully saturated rings. The van der Waals surface area contributed by atoms with Crippen LogP contribution in [0.5, 0.6) is 0 Å². The van der Waals surface area contributed by atoms with Crippen LogP contribution < -0.4 is 5.32 Å². The monoisotopic (exact) mass is 635 g/mol. The number of benzene rings is 1. The second-order valence-electron chi connectivity index (χ2n) is 14.4. The van der Waals surface area contributed by atoms with Crippen molar-refractivity contribution in [2.24, 2.45) is 22.7 Å². The predicted octanol–water partition coefficient (Wildman–Crippen LogP) is 5.85. The molecule has 2 aromatic rings. The minimum Gasteiger partial charge on any atom is -0.390 e. The molecule has 7 rings (SSSR count). The molecule has 0 amide bonds. The summed E-state index contributed by atoms with van der Waals surface area (Å²) >= 11 is 1.56. The summed E-state index contributed by atoms with van der Waals surface area (Å²) in [5.74, 6) is -1.57. The molecule has 1 saturated heterocycles. The third kappa shape index (κ3) is 4.34. The van der Waals surface area contributed by atoms with Crippen molar-refractivity contribution < 1.29 is 33.7 Å². The molecule has 1 aliphatic heterocycles. The fraction of sp³-hybridized carbons (Fsp3) is 0.556. The Morgan fingerprint density at radius 1 is 1.20 bits per heavy atom. The van der Waals surface area contributed by atoms with Crippen molar-refractivity contribution in [3.05, 3.63) is 75.5 Å². The largest absolute Gasteiger partial charge is 0.390 e. The standard InChI is InChI=1S/C36H42FNO6S/c1-20(2)38-23-7-5-6-21(14-23)15-25-9-11-28(45-25)32-43-31-17-27-26-10-8-22-16-24(40)12-13-33(22,3)35(26,37)29(41)18-34(27,4)36(31,44-32)30(42)19-39/h5-7,9,11-14,16,20,26-27,29,31-32,38-39,41H,8,10,15,17-19H2,1-4H3/t26-,27-,29-,31+,32+,33-,34-,35-,36+/m0/s1. The normalized spacial score (nSPS) is 40.0. The van der Waals surface area contributed by atoms with Gasteiger partial charge in [0.25, 0.3) is 0 Å². The Morgan fingerprint density at radius 2 is 2.00 bits per heavy atom. The minimum atomic E-state index is -2.02. The number of aliphatic hydroxyl groups excluding tert-OH is 2. The summed E-state index contributed by atoms with van der Waals surface area (Å²) in [6, 6.07) is 12.7. The maximum Gasteiger partial charge on any atom is 0.194 e. The van der Waals surface area contributed by atoms with E-state index in [1.807, 2.05) is 25.1 Å². The molecule has 0 spiro atoms. The average Bonchev–Trinajstić information content (AvgIpc) is 3.67. The molecule has 0 bridgehead atoms. The Balaban J connectivity index is 1.17. The average molecular weight is 636 g/mol. The van der Waals surface area contributed by atoms with E-state index in [0.717, 1.165) is 21.9 Å². The van der Waals surface area contributed by atoms with Gasteiger partial charge in [-0.1, -0.05) is 30.7 Å². The first-order valence-corrected chi connectivity index (χ1v) is 16.9. The van der Waals surface area contributed by atoms with Crippen LogP contribution in [0.2, 0.25) is 0 Å². The van der Waals surface area contributed by atoms with Gasteiger partial charge in [0.2, 0.25) is 0 Å². The highest BCUT2D eigenvalue weighted by atomic mass is 32.1. The molecule has 240 valence electrons. The van der Waals surface area contributed by atoms with Crippen LogP contribution in [0.3, 0.4) is 0 Å². The Labute approximate surface area is 267 Å². The van der Waals surface area contributed by atoms with Gasteiger partial charge in [-0.05, 0) is 94.4 Å². The van der Waals surface area contributed by atoms with Crippen LogP contribution in [0, 0.1) is 22.7 Å². The molecule has 3 N–H and O–H groups in total. The van der Waals surface area contributed by atoms with Crippen molar-refractivity contribution in [3.63, 3.8) is 0 Å². The number of hydrogen-bond donors (Lipinski definition) is 3. The molecular weight excluding hydrogens is 593 g/mol. The number of thiophene rings is 1. The lowest BCUT2D eigenvalue weighted by molar-refractivity contribution is -0.231. The van der Waals surface area contributed by atoms with Crippen LogP contribution in [-0.2, 0) is 25.5 Å². The van der Waals surface area contributed by atoms with Gasteiger partial charge in [0.15, 0.2) is 29.1 Å². The zero-order chi connectivity index (χ0) is 31.9. The van der Waals surface area contributed by atoms with Crippen LogP contribution >= 0.6 is 11.3 Å². The second kappa shape index (κ2) is 10.7. The molecule has 4 aliphatic carbocycles. The van der Waals surface area contributed by atoms with E-state index in [9.17, 15) is 19.8 Å². The molecule has 2 heterocycles. The van der Waals surface area contributed by atoms with E-state index >= 15 is 4.39 Å². The molecule has 9 atom stereocenters.